The summed E-state index contributed by atoms with van der Waals surface area (Å²) in [6, 6.07) is 4.39. The Balaban J connectivity index is 2.40. The van der Waals surface area contributed by atoms with Crippen LogP contribution in [-0.2, 0) is 0 Å². The quantitative estimate of drug-likeness (QED) is 0.824. The number of nitriles is 1. The Bertz CT molecular complexity index is 533. The van der Waals surface area contributed by atoms with E-state index in [2.05, 4.69) is 16.8 Å². The van der Waals surface area contributed by atoms with Crippen LogP contribution in [0.3, 0.4) is 0 Å². The molecule has 1 aromatic rings. The second-order valence-electron chi connectivity index (χ2n) is 4.83. The molecule has 2 N–H and O–H groups in total. The topological polar surface area (TPSA) is 59.3 Å². The summed E-state index contributed by atoms with van der Waals surface area (Å²) in [6.45, 7) is 7.08. The van der Waals surface area contributed by atoms with Gasteiger partial charge in [-0.25, -0.2) is 4.39 Å². The van der Waals surface area contributed by atoms with Gasteiger partial charge in [0.05, 0.1) is 11.6 Å². The van der Waals surface area contributed by atoms with Crippen LogP contribution in [0.5, 0.6) is 5.75 Å². The second kappa shape index (κ2) is 6.51. The molecule has 106 valence electrons. The highest BCUT2D eigenvalue weighted by Crippen LogP contribution is 2.34. The number of rotatable bonds is 4. The van der Waals surface area contributed by atoms with Crippen molar-refractivity contribution in [1.82, 2.24) is 10.2 Å². The lowest BCUT2D eigenvalue weighted by Gasteiger charge is -2.35. The van der Waals surface area contributed by atoms with Crippen molar-refractivity contribution >= 4 is 0 Å². The zero-order valence-electron chi connectivity index (χ0n) is 11.3. The minimum atomic E-state index is -0.747. The largest absolute Gasteiger partial charge is 0.505 e. The van der Waals surface area contributed by atoms with E-state index in [1.165, 1.54) is 0 Å². The molecule has 2 rings (SSSR count). The van der Waals surface area contributed by atoms with Crippen LogP contribution in [0, 0.1) is 17.1 Å². The van der Waals surface area contributed by atoms with Crippen LogP contribution in [0.4, 0.5) is 4.39 Å². The van der Waals surface area contributed by atoms with Crippen molar-refractivity contribution in [3.8, 4) is 11.8 Å². The van der Waals surface area contributed by atoms with E-state index >= 15 is 0 Å². The Labute approximate surface area is 118 Å². The molecule has 20 heavy (non-hydrogen) atoms. The predicted molar refractivity (Wildman–Crippen MR) is 74.8 cm³/mol. The molecule has 1 heterocycles. The lowest BCUT2D eigenvalue weighted by molar-refractivity contribution is 0.171. The van der Waals surface area contributed by atoms with E-state index in [4.69, 9.17) is 5.26 Å². The number of hydrogen-bond donors (Lipinski definition) is 2. The summed E-state index contributed by atoms with van der Waals surface area (Å²) in [7, 11) is 0. The number of nitrogens with zero attached hydrogens (tertiary/aromatic N) is 2. The van der Waals surface area contributed by atoms with Gasteiger partial charge in [0.1, 0.15) is 0 Å². The van der Waals surface area contributed by atoms with Gasteiger partial charge in [-0.1, -0.05) is 6.08 Å². The molecular formula is C15H18FN3O. The Kier molecular flexibility index (Phi) is 4.72. The fourth-order valence-electron chi connectivity index (χ4n) is 2.56. The van der Waals surface area contributed by atoms with Crippen LogP contribution in [0.25, 0.3) is 0 Å². The van der Waals surface area contributed by atoms with Crippen molar-refractivity contribution in [2.75, 3.05) is 26.2 Å². The van der Waals surface area contributed by atoms with E-state index in [1.807, 2.05) is 6.07 Å². The zero-order valence-corrected chi connectivity index (χ0v) is 11.3. The summed E-state index contributed by atoms with van der Waals surface area (Å²) in [6.07, 6.45) is 2.35. The first kappa shape index (κ1) is 14.5. The third-order valence-electron chi connectivity index (χ3n) is 3.56. The summed E-state index contributed by atoms with van der Waals surface area (Å²) in [5, 5.41) is 22.2. The molecular weight excluding hydrogens is 257 g/mol. The molecule has 5 heteroatoms. The first-order chi connectivity index (χ1) is 9.67. The molecule has 0 unspecified atom stereocenters. The van der Waals surface area contributed by atoms with Gasteiger partial charge in [0.25, 0.3) is 0 Å². The van der Waals surface area contributed by atoms with Gasteiger partial charge in [-0.15, -0.1) is 6.58 Å². The third-order valence-corrected chi connectivity index (χ3v) is 3.56. The average Bonchev–Trinajstić information content (AvgIpc) is 2.48. The Morgan fingerprint density at radius 1 is 1.50 bits per heavy atom. The minimum absolute atomic E-state index is 0.155. The number of aromatic hydroxyl groups is 1. The molecule has 1 atom stereocenters. The van der Waals surface area contributed by atoms with Crippen LogP contribution in [0.15, 0.2) is 24.8 Å². The van der Waals surface area contributed by atoms with Gasteiger partial charge in [-0.3, -0.25) is 4.90 Å². The molecule has 0 aromatic heterocycles. The first-order valence-electron chi connectivity index (χ1n) is 6.65. The van der Waals surface area contributed by atoms with E-state index < -0.39 is 5.82 Å². The van der Waals surface area contributed by atoms with Gasteiger partial charge >= 0.3 is 0 Å². The van der Waals surface area contributed by atoms with Crippen LogP contribution in [0.2, 0.25) is 0 Å². The molecule has 1 saturated heterocycles. The van der Waals surface area contributed by atoms with E-state index in [1.54, 1.807) is 12.1 Å². The molecule has 0 radical (unpaired) electrons. The molecule has 0 amide bonds. The maximum atomic E-state index is 13.7. The lowest BCUT2D eigenvalue weighted by atomic mass is 9.98. The molecule has 1 aromatic carbocycles. The molecule has 4 nitrogen and oxygen atoms in total. The third kappa shape index (κ3) is 2.98. The van der Waals surface area contributed by atoms with Crippen molar-refractivity contribution in [2.24, 2.45) is 0 Å². The minimum Gasteiger partial charge on any atom is -0.505 e. The van der Waals surface area contributed by atoms with Gasteiger partial charge in [0, 0.05) is 37.8 Å². The number of phenolic OH excluding ortho intramolecular Hbond substituents is 1. The van der Waals surface area contributed by atoms with Gasteiger partial charge in [0.15, 0.2) is 11.6 Å². The number of piperazine rings is 1. The fraction of sp³-hybridized carbons (Fsp3) is 0.400. The molecule has 0 bridgehead atoms. The summed E-state index contributed by atoms with van der Waals surface area (Å²) in [4.78, 5) is 2.17. The van der Waals surface area contributed by atoms with E-state index in [9.17, 15) is 9.50 Å². The maximum absolute atomic E-state index is 13.7. The molecule has 0 saturated carbocycles. The molecule has 1 aliphatic rings. The second-order valence-corrected chi connectivity index (χ2v) is 4.83. The van der Waals surface area contributed by atoms with Crippen molar-refractivity contribution < 1.29 is 9.50 Å². The van der Waals surface area contributed by atoms with E-state index in [0.717, 1.165) is 32.2 Å². The van der Waals surface area contributed by atoms with Gasteiger partial charge in [-0.05, 0) is 18.6 Å². The molecule has 0 aliphatic carbocycles. The average molecular weight is 275 g/mol. The number of hydrogen-bond acceptors (Lipinski definition) is 4. The van der Waals surface area contributed by atoms with Gasteiger partial charge < -0.3 is 10.4 Å². The normalized spacial score (nSPS) is 17.4. The SMILES string of the molecule is C=CC[C@H](c1cc(C#N)cc(F)c1O)N1CCNCC1. The summed E-state index contributed by atoms with van der Waals surface area (Å²) < 4.78 is 13.7. The Morgan fingerprint density at radius 2 is 2.20 bits per heavy atom. The summed E-state index contributed by atoms with van der Waals surface area (Å²) in [5.41, 5.74) is 0.683. The van der Waals surface area contributed by atoms with E-state index in [-0.39, 0.29) is 17.4 Å². The number of benzene rings is 1. The highest BCUT2D eigenvalue weighted by molar-refractivity contribution is 5.44. The number of halogens is 1. The maximum Gasteiger partial charge on any atom is 0.166 e. The Hall–Kier alpha value is -1.90. The zero-order chi connectivity index (χ0) is 14.5. The van der Waals surface area contributed by atoms with Crippen molar-refractivity contribution in [3.63, 3.8) is 0 Å². The van der Waals surface area contributed by atoms with Crippen LogP contribution in [0.1, 0.15) is 23.6 Å². The highest BCUT2D eigenvalue weighted by Gasteiger charge is 2.25. The van der Waals surface area contributed by atoms with Crippen molar-refractivity contribution in [2.45, 2.75) is 12.5 Å². The van der Waals surface area contributed by atoms with Crippen molar-refractivity contribution in [1.29, 1.82) is 5.26 Å². The highest BCUT2D eigenvalue weighted by atomic mass is 19.1. The van der Waals surface area contributed by atoms with Crippen LogP contribution >= 0.6 is 0 Å². The monoisotopic (exact) mass is 275 g/mol. The first-order valence-corrected chi connectivity index (χ1v) is 6.65. The molecule has 0 spiro atoms. The fourth-order valence-corrected chi connectivity index (χ4v) is 2.56. The van der Waals surface area contributed by atoms with Crippen LogP contribution in [-0.4, -0.2) is 36.2 Å². The molecule has 1 aliphatic heterocycles. The summed E-state index contributed by atoms with van der Waals surface area (Å²) >= 11 is 0. The standard InChI is InChI=1S/C15H18FN3O/c1-2-3-14(19-6-4-18-5-7-19)12-8-11(10-17)9-13(16)15(12)20/h2,8-9,14,18,20H,1,3-7H2/t14-/m1/s1. The predicted octanol–water partition coefficient (Wildman–Crippen LogP) is 1.93. The van der Waals surface area contributed by atoms with Crippen molar-refractivity contribution in [3.05, 3.63) is 41.7 Å². The van der Waals surface area contributed by atoms with Gasteiger partial charge in [-0.2, -0.15) is 5.26 Å². The van der Waals surface area contributed by atoms with Crippen LogP contribution < -0.4 is 5.32 Å². The number of phenols is 1. The summed E-state index contributed by atoms with van der Waals surface area (Å²) in [5.74, 6) is -1.11. The van der Waals surface area contributed by atoms with E-state index in [0.29, 0.717) is 12.0 Å². The van der Waals surface area contributed by atoms with Gasteiger partial charge in [0.2, 0.25) is 0 Å². The lowest BCUT2D eigenvalue weighted by Crippen LogP contribution is -2.45. The molecule has 1 fully saturated rings. The smallest absolute Gasteiger partial charge is 0.166 e. The Morgan fingerprint density at radius 3 is 2.80 bits per heavy atom. The number of nitrogens with one attached hydrogen (secondary N) is 1.